The van der Waals surface area contributed by atoms with Crippen molar-refractivity contribution in [2.24, 2.45) is 0 Å². The van der Waals surface area contributed by atoms with Crippen molar-refractivity contribution in [3.8, 4) is 0 Å². The molecule has 0 atom stereocenters. The smallest absolute Gasteiger partial charge is 0.222 e. The van der Waals surface area contributed by atoms with Crippen LogP contribution in [0.4, 0.5) is 5.82 Å². The summed E-state index contributed by atoms with van der Waals surface area (Å²) in [6, 6.07) is 10.3. The second-order valence-corrected chi connectivity index (χ2v) is 5.63. The predicted octanol–water partition coefficient (Wildman–Crippen LogP) is 2.52. The summed E-state index contributed by atoms with van der Waals surface area (Å²) in [7, 11) is 0. The molecule has 114 valence electrons. The molecule has 1 saturated heterocycles. The second kappa shape index (κ2) is 6.56. The minimum absolute atomic E-state index is 0.268. The van der Waals surface area contributed by atoms with Gasteiger partial charge in [0, 0.05) is 37.8 Å². The van der Waals surface area contributed by atoms with Crippen molar-refractivity contribution in [3.63, 3.8) is 0 Å². The normalized spacial score (nSPS) is 14.4. The highest BCUT2D eigenvalue weighted by molar-refractivity contribution is 5.78. The number of carbonyl (C=O) groups is 1. The molecule has 22 heavy (non-hydrogen) atoms. The largest absolute Gasteiger partial charge is 0.366 e. The van der Waals surface area contributed by atoms with Crippen molar-refractivity contribution < 1.29 is 4.79 Å². The summed E-state index contributed by atoms with van der Waals surface area (Å²) in [6.45, 7) is 4.27. The van der Waals surface area contributed by atoms with Gasteiger partial charge >= 0.3 is 0 Å². The fourth-order valence-corrected chi connectivity index (χ4v) is 2.60. The molecule has 0 bridgehead atoms. The van der Waals surface area contributed by atoms with Gasteiger partial charge in [-0.25, -0.2) is 9.97 Å². The van der Waals surface area contributed by atoms with Gasteiger partial charge < -0.3 is 10.2 Å². The molecule has 5 nitrogen and oxygen atoms in total. The fraction of sp³-hybridized carbons (Fsp3) is 0.353. The number of amides is 1. The van der Waals surface area contributed by atoms with Crippen LogP contribution in [0.15, 0.2) is 36.7 Å². The molecule has 0 aliphatic carbocycles. The number of aryl methyl sites for hydroxylation is 1. The highest BCUT2D eigenvalue weighted by Gasteiger charge is 2.19. The zero-order valence-electron chi connectivity index (χ0n) is 12.7. The van der Waals surface area contributed by atoms with E-state index in [0.29, 0.717) is 6.42 Å². The third-order valence-electron chi connectivity index (χ3n) is 3.85. The van der Waals surface area contributed by atoms with Crippen LogP contribution in [0, 0.1) is 6.92 Å². The summed E-state index contributed by atoms with van der Waals surface area (Å²) < 4.78 is 0. The Bertz CT molecular complexity index is 654. The average Bonchev–Trinajstić information content (AvgIpc) is 2.92. The first-order valence-corrected chi connectivity index (χ1v) is 7.59. The van der Waals surface area contributed by atoms with Crippen LogP contribution in [-0.4, -0.2) is 27.3 Å². The Morgan fingerprint density at radius 3 is 2.64 bits per heavy atom. The highest BCUT2D eigenvalue weighted by Crippen LogP contribution is 2.15. The van der Waals surface area contributed by atoms with Crippen molar-refractivity contribution in [2.75, 3.05) is 11.9 Å². The molecule has 0 unspecified atom stereocenters. The number of carbonyl (C=O) groups excluding carboxylic acids is 1. The zero-order chi connectivity index (χ0) is 15.4. The van der Waals surface area contributed by atoms with Crippen LogP contribution < -0.4 is 5.32 Å². The topological polar surface area (TPSA) is 58.1 Å². The number of nitrogens with zero attached hydrogens (tertiary/aromatic N) is 3. The van der Waals surface area contributed by atoms with Crippen molar-refractivity contribution in [3.05, 3.63) is 53.5 Å². The maximum Gasteiger partial charge on any atom is 0.222 e. The summed E-state index contributed by atoms with van der Waals surface area (Å²) in [4.78, 5) is 21.8. The Labute approximate surface area is 130 Å². The molecule has 0 radical (unpaired) electrons. The van der Waals surface area contributed by atoms with E-state index in [-0.39, 0.29) is 5.91 Å². The van der Waals surface area contributed by atoms with Gasteiger partial charge in [0.1, 0.15) is 12.1 Å². The van der Waals surface area contributed by atoms with Gasteiger partial charge in [0.05, 0.1) is 0 Å². The maximum atomic E-state index is 11.6. The second-order valence-electron chi connectivity index (χ2n) is 5.63. The summed E-state index contributed by atoms with van der Waals surface area (Å²) in [6.07, 6.45) is 3.24. The van der Waals surface area contributed by atoms with Gasteiger partial charge in [0.15, 0.2) is 0 Å². The third-order valence-corrected chi connectivity index (χ3v) is 3.85. The predicted molar refractivity (Wildman–Crippen MR) is 85.2 cm³/mol. The van der Waals surface area contributed by atoms with Crippen LogP contribution in [0.3, 0.4) is 0 Å². The standard InChI is InChI=1S/C17H20N4O/c1-13-9-16(20-12-19-13)18-10-14-4-6-15(7-5-14)11-21-8-2-3-17(21)22/h4-7,9,12H,2-3,8,10-11H2,1H3,(H,18,19,20). The van der Waals surface area contributed by atoms with E-state index >= 15 is 0 Å². The van der Waals surface area contributed by atoms with E-state index in [1.54, 1.807) is 6.33 Å². The molecule has 1 aromatic carbocycles. The molecule has 1 aromatic heterocycles. The average molecular weight is 296 g/mol. The van der Waals surface area contributed by atoms with Crippen LogP contribution in [0.5, 0.6) is 0 Å². The van der Waals surface area contributed by atoms with Crippen LogP contribution in [-0.2, 0) is 17.9 Å². The first kappa shape index (κ1) is 14.5. The van der Waals surface area contributed by atoms with Gasteiger partial charge in [-0.1, -0.05) is 24.3 Å². The van der Waals surface area contributed by atoms with E-state index in [4.69, 9.17) is 0 Å². The van der Waals surface area contributed by atoms with E-state index in [2.05, 4.69) is 39.6 Å². The lowest BCUT2D eigenvalue weighted by Crippen LogP contribution is -2.23. The van der Waals surface area contributed by atoms with Crippen LogP contribution in [0.1, 0.15) is 29.7 Å². The molecule has 1 aliphatic rings. The number of hydrogen-bond acceptors (Lipinski definition) is 4. The molecule has 1 fully saturated rings. The number of benzene rings is 1. The lowest BCUT2D eigenvalue weighted by Gasteiger charge is -2.15. The number of nitrogens with one attached hydrogen (secondary N) is 1. The Morgan fingerprint density at radius 2 is 1.95 bits per heavy atom. The first-order chi connectivity index (χ1) is 10.7. The number of hydrogen-bond donors (Lipinski definition) is 1. The molecule has 0 saturated carbocycles. The SMILES string of the molecule is Cc1cc(NCc2ccc(CN3CCCC3=O)cc2)ncn1. The summed E-state index contributed by atoms with van der Waals surface area (Å²) in [5.41, 5.74) is 3.31. The molecule has 2 heterocycles. The monoisotopic (exact) mass is 296 g/mol. The molecule has 2 aromatic rings. The Balaban J connectivity index is 1.56. The number of likely N-dealkylation sites (tertiary alicyclic amines) is 1. The Kier molecular flexibility index (Phi) is 4.32. The molecule has 1 aliphatic heterocycles. The molecule has 0 spiro atoms. The van der Waals surface area contributed by atoms with E-state index in [1.165, 1.54) is 11.1 Å². The minimum atomic E-state index is 0.268. The van der Waals surface area contributed by atoms with E-state index in [0.717, 1.165) is 37.6 Å². The van der Waals surface area contributed by atoms with E-state index in [9.17, 15) is 4.79 Å². The van der Waals surface area contributed by atoms with Gasteiger partial charge in [0.25, 0.3) is 0 Å². The summed E-state index contributed by atoms with van der Waals surface area (Å²) >= 11 is 0. The van der Waals surface area contributed by atoms with Gasteiger partial charge in [0.2, 0.25) is 5.91 Å². The van der Waals surface area contributed by atoms with Gasteiger partial charge in [-0.05, 0) is 24.5 Å². The maximum absolute atomic E-state index is 11.6. The number of rotatable bonds is 5. The van der Waals surface area contributed by atoms with Crippen molar-refractivity contribution >= 4 is 11.7 Å². The zero-order valence-corrected chi connectivity index (χ0v) is 12.7. The lowest BCUT2D eigenvalue weighted by molar-refractivity contribution is -0.128. The van der Waals surface area contributed by atoms with Gasteiger partial charge in [-0.3, -0.25) is 4.79 Å². The lowest BCUT2D eigenvalue weighted by atomic mass is 10.1. The van der Waals surface area contributed by atoms with E-state index in [1.807, 2.05) is 17.9 Å². The molecule has 5 heteroatoms. The number of aromatic nitrogens is 2. The van der Waals surface area contributed by atoms with E-state index < -0.39 is 0 Å². The minimum Gasteiger partial charge on any atom is -0.366 e. The van der Waals surface area contributed by atoms with Crippen molar-refractivity contribution in [1.82, 2.24) is 14.9 Å². The van der Waals surface area contributed by atoms with Crippen LogP contribution in [0.2, 0.25) is 0 Å². The van der Waals surface area contributed by atoms with Crippen molar-refractivity contribution in [1.29, 1.82) is 0 Å². The first-order valence-electron chi connectivity index (χ1n) is 7.59. The molecular weight excluding hydrogens is 276 g/mol. The Hall–Kier alpha value is -2.43. The molecule has 3 rings (SSSR count). The quantitative estimate of drug-likeness (QED) is 0.921. The summed E-state index contributed by atoms with van der Waals surface area (Å²) in [5.74, 6) is 1.10. The molecule has 1 N–H and O–H groups in total. The third kappa shape index (κ3) is 3.61. The highest BCUT2D eigenvalue weighted by atomic mass is 16.2. The van der Waals surface area contributed by atoms with Gasteiger partial charge in [-0.2, -0.15) is 0 Å². The number of anilines is 1. The Morgan fingerprint density at radius 1 is 1.18 bits per heavy atom. The molecule has 1 amide bonds. The molecular formula is C17H20N4O. The van der Waals surface area contributed by atoms with Crippen LogP contribution >= 0.6 is 0 Å². The van der Waals surface area contributed by atoms with Crippen molar-refractivity contribution in [2.45, 2.75) is 32.9 Å². The van der Waals surface area contributed by atoms with Crippen LogP contribution in [0.25, 0.3) is 0 Å². The fourth-order valence-electron chi connectivity index (χ4n) is 2.60. The van der Waals surface area contributed by atoms with Gasteiger partial charge in [-0.15, -0.1) is 0 Å². The summed E-state index contributed by atoms with van der Waals surface area (Å²) in [5, 5.41) is 3.29.